The van der Waals surface area contributed by atoms with Crippen LogP contribution in [0.2, 0.25) is 0 Å². The van der Waals surface area contributed by atoms with Gasteiger partial charge < -0.3 is 9.84 Å². The molecule has 110 valence electrons. The van der Waals surface area contributed by atoms with Crippen LogP contribution in [-0.4, -0.2) is 11.1 Å². The molecule has 1 aromatic heterocycles. The molecule has 21 heavy (non-hydrogen) atoms. The van der Waals surface area contributed by atoms with Crippen LogP contribution in [0.1, 0.15) is 41.5 Å². The van der Waals surface area contributed by atoms with Crippen LogP contribution >= 0.6 is 0 Å². The molecule has 0 spiro atoms. The molecule has 0 aliphatic heterocycles. The third kappa shape index (κ3) is 3.15. The summed E-state index contributed by atoms with van der Waals surface area (Å²) >= 11 is 0. The van der Waals surface area contributed by atoms with Gasteiger partial charge in [0.15, 0.2) is 0 Å². The molecule has 1 aliphatic rings. The van der Waals surface area contributed by atoms with Crippen LogP contribution in [0, 0.1) is 19.8 Å². The zero-order valence-corrected chi connectivity index (χ0v) is 12.4. The van der Waals surface area contributed by atoms with Gasteiger partial charge in [-0.3, -0.25) is 4.79 Å². The van der Waals surface area contributed by atoms with Crippen molar-refractivity contribution in [1.29, 1.82) is 0 Å². The first-order chi connectivity index (χ1) is 10.1. The summed E-state index contributed by atoms with van der Waals surface area (Å²) < 4.78 is 5.12. The van der Waals surface area contributed by atoms with Gasteiger partial charge in [0.1, 0.15) is 5.76 Å². The lowest BCUT2D eigenvalue weighted by atomic mass is 10.0. The van der Waals surface area contributed by atoms with E-state index < -0.39 is 0 Å². The lowest BCUT2D eigenvalue weighted by molar-refractivity contribution is -0.121. The van der Waals surface area contributed by atoms with Crippen molar-refractivity contribution in [3.8, 4) is 0 Å². The highest BCUT2D eigenvalue weighted by molar-refractivity contribution is 5.79. The molecule has 1 amide bonds. The van der Waals surface area contributed by atoms with E-state index in [9.17, 15) is 4.79 Å². The lowest BCUT2D eigenvalue weighted by Crippen LogP contribution is -2.31. The van der Waals surface area contributed by atoms with Gasteiger partial charge in [0.2, 0.25) is 5.91 Å². The highest BCUT2D eigenvalue weighted by Gasteiger charge is 2.33. The van der Waals surface area contributed by atoms with E-state index in [1.54, 1.807) is 0 Å². The maximum absolute atomic E-state index is 12.4. The molecule has 1 unspecified atom stereocenters. The molecule has 1 aromatic carbocycles. The molecular formula is C17H20N2O2. The largest absolute Gasteiger partial charge is 0.361 e. The van der Waals surface area contributed by atoms with E-state index in [-0.39, 0.29) is 11.9 Å². The summed E-state index contributed by atoms with van der Waals surface area (Å²) in [4.78, 5) is 12.4. The maximum Gasteiger partial charge on any atom is 0.225 e. The molecule has 4 nitrogen and oxygen atoms in total. The fourth-order valence-electron chi connectivity index (χ4n) is 2.70. The van der Waals surface area contributed by atoms with Crippen molar-refractivity contribution in [2.75, 3.05) is 0 Å². The quantitative estimate of drug-likeness (QED) is 0.918. The Bertz CT molecular complexity index is 610. The number of hydrogen-bond acceptors (Lipinski definition) is 3. The van der Waals surface area contributed by atoms with Crippen molar-refractivity contribution in [2.45, 2.75) is 39.2 Å². The van der Waals surface area contributed by atoms with E-state index >= 15 is 0 Å². The highest BCUT2D eigenvalue weighted by Crippen LogP contribution is 2.40. The van der Waals surface area contributed by atoms with Crippen LogP contribution in [-0.2, 0) is 11.2 Å². The number of aryl methyl sites for hydroxylation is 2. The Morgan fingerprint density at radius 1 is 1.33 bits per heavy atom. The number of benzene rings is 1. The van der Waals surface area contributed by atoms with Crippen LogP contribution in [0.4, 0.5) is 0 Å². The molecule has 1 atom stereocenters. The van der Waals surface area contributed by atoms with Crippen molar-refractivity contribution in [3.05, 3.63) is 52.9 Å². The number of carbonyl (C=O) groups excluding carboxylic acids is 1. The molecule has 1 fully saturated rings. The zero-order chi connectivity index (χ0) is 14.8. The van der Waals surface area contributed by atoms with Gasteiger partial charge in [0, 0.05) is 5.56 Å². The smallest absolute Gasteiger partial charge is 0.225 e. The minimum absolute atomic E-state index is 0.0325. The number of rotatable bonds is 5. The van der Waals surface area contributed by atoms with Crippen LogP contribution in [0.15, 0.2) is 34.9 Å². The lowest BCUT2D eigenvalue weighted by Gasteiger charge is -2.18. The van der Waals surface area contributed by atoms with Gasteiger partial charge in [-0.15, -0.1) is 0 Å². The molecule has 1 saturated carbocycles. The third-order valence-corrected chi connectivity index (χ3v) is 4.09. The van der Waals surface area contributed by atoms with Gasteiger partial charge in [-0.1, -0.05) is 35.5 Å². The third-order valence-electron chi connectivity index (χ3n) is 4.09. The van der Waals surface area contributed by atoms with Crippen LogP contribution in [0.5, 0.6) is 0 Å². The first-order valence-corrected chi connectivity index (χ1v) is 7.41. The van der Waals surface area contributed by atoms with Crippen molar-refractivity contribution < 1.29 is 9.32 Å². The van der Waals surface area contributed by atoms with Crippen LogP contribution in [0.3, 0.4) is 0 Å². The Morgan fingerprint density at radius 2 is 2.05 bits per heavy atom. The van der Waals surface area contributed by atoms with Gasteiger partial charge in [-0.05, 0) is 38.2 Å². The summed E-state index contributed by atoms with van der Waals surface area (Å²) in [7, 11) is 0. The van der Waals surface area contributed by atoms with Crippen molar-refractivity contribution in [3.63, 3.8) is 0 Å². The van der Waals surface area contributed by atoms with E-state index in [1.807, 2.05) is 32.0 Å². The molecule has 0 radical (unpaired) electrons. The fourth-order valence-corrected chi connectivity index (χ4v) is 2.70. The number of carbonyl (C=O) groups is 1. The normalized spacial score (nSPS) is 15.7. The number of hydrogen-bond donors (Lipinski definition) is 1. The first-order valence-electron chi connectivity index (χ1n) is 7.41. The summed E-state index contributed by atoms with van der Waals surface area (Å²) in [5, 5.41) is 7.08. The fraction of sp³-hybridized carbons (Fsp3) is 0.412. The molecule has 1 heterocycles. The molecule has 3 rings (SSSR count). The molecule has 1 aliphatic carbocycles. The minimum atomic E-state index is 0.0325. The van der Waals surface area contributed by atoms with E-state index in [0.717, 1.165) is 17.0 Å². The summed E-state index contributed by atoms with van der Waals surface area (Å²) in [5.74, 6) is 1.33. The second-order valence-electron chi connectivity index (χ2n) is 5.77. The Hall–Kier alpha value is -2.10. The highest BCUT2D eigenvalue weighted by atomic mass is 16.5. The van der Waals surface area contributed by atoms with Gasteiger partial charge >= 0.3 is 0 Å². The zero-order valence-electron chi connectivity index (χ0n) is 12.4. The molecule has 4 heteroatoms. The molecule has 0 saturated heterocycles. The van der Waals surface area contributed by atoms with Crippen molar-refractivity contribution >= 4 is 5.91 Å². The Kier molecular flexibility index (Phi) is 3.78. The number of nitrogens with zero attached hydrogens (tertiary/aromatic N) is 1. The van der Waals surface area contributed by atoms with E-state index in [2.05, 4.69) is 22.6 Å². The molecule has 0 bridgehead atoms. The minimum Gasteiger partial charge on any atom is -0.361 e. The maximum atomic E-state index is 12.4. The van der Waals surface area contributed by atoms with Gasteiger partial charge in [-0.2, -0.15) is 0 Å². The van der Waals surface area contributed by atoms with Crippen LogP contribution < -0.4 is 5.32 Å². The van der Waals surface area contributed by atoms with Gasteiger partial charge in [-0.25, -0.2) is 0 Å². The summed E-state index contributed by atoms with van der Waals surface area (Å²) in [6, 6.07) is 10.3. The Morgan fingerprint density at radius 3 is 2.62 bits per heavy atom. The average Bonchev–Trinajstić information content (AvgIpc) is 3.28. The summed E-state index contributed by atoms with van der Waals surface area (Å²) in [6.45, 7) is 3.72. The topological polar surface area (TPSA) is 55.1 Å². The monoisotopic (exact) mass is 284 g/mol. The second-order valence-corrected chi connectivity index (χ2v) is 5.77. The Balaban J connectivity index is 1.70. The summed E-state index contributed by atoms with van der Waals surface area (Å²) in [6.07, 6.45) is 2.70. The average molecular weight is 284 g/mol. The standard InChI is InChI=1S/C17H20N2O2/c1-11-15(12(2)21-19-11)10-16(20)18-17(14-8-9-14)13-6-4-3-5-7-13/h3-7,14,17H,8-10H2,1-2H3,(H,18,20). The number of aromatic nitrogens is 1. The number of amides is 1. The van der Waals surface area contributed by atoms with Gasteiger partial charge in [0.25, 0.3) is 0 Å². The summed E-state index contributed by atoms with van der Waals surface area (Å²) in [5.41, 5.74) is 2.88. The molecule has 1 N–H and O–H groups in total. The van der Waals surface area contributed by atoms with Gasteiger partial charge in [0.05, 0.1) is 18.2 Å². The predicted molar refractivity (Wildman–Crippen MR) is 79.7 cm³/mol. The first kappa shape index (κ1) is 13.9. The van der Waals surface area contributed by atoms with E-state index in [4.69, 9.17) is 4.52 Å². The molecular weight excluding hydrogens is 264 g/mol. The van der Waals surface area contributed by atoms with Crippen molar-refractivity contribution in [1.82, 2.24) is 10.5 Å². The Labute approximate surface area is 124 Å². The van der Waals surface area contributed by atoms with Crippen molar-refractivity contribution in [2.24, 2.45) is 5.92 Å². The second kappa shape index (κ2) is 5.72. The van der Waals surface area contributed by atoms with Crippen LogP contribution in [0.25, 0.3) is 0 Å². The van der Waals surface area contributed by atoms with E-state index in [0.29, 0.717) is 12.3 Å². The number of nitrogens with one attached hydrogen (secondary N) is 1. The SMILES string of the molecule is Cc1noc(C)c1CC(=O)NC(c1ccccc1)C1CC1. The molecule has 2 aromatic rings. The predicted octanol–water partition coefficient (Wildman–Crippen LogP) is 3.10. The van der Waals surface area contributed by atoms with E-state index in [1.165, 1.54) is 18.4 Å².